The number of quaternary nitrogens is 1. The molecule has 3 rings (SSSR count). The molecule has 1 aliphatic heterocycles. The molecule has 2 amide bonds. The van der Waals surface area contributed by atoms with Crippen LogP contribution in [0.2, 0.25) is 0 Å². The first-order valence-electron chi connectivity index (χ1n) is 16.1. The van der Waals surface area contributed by atoms with Crippen LogP contribution in [-0.4, -0.2) is 54.6 Å². The summed E-state index contributed by atoms with van der Waals surface area (Å²) in [6.45, 7) is 20.1. The van der Waals surface area contributed by atoms with Gasteiger partial charge in [-0.25, -0.2) is 0 Å². The quantitative estimate of drug-likeness (QED) is 0.107. The van der Waals surface area contributed by atoms with E-state index >= 15 is 0 Å². The number of hydrogen-bond acceptors (Lipinski definition) is 4. The number of carbonyl (C=O) groups is 2. The number of likely N-dealkylation sites (tertiary alicyclic amines) is 1. The summed E-state index contributed by atoms with van der Waals surface area (Å²) in [6.07, 6.45) is 11.4. The van der Waals surface area contributed by atoms with Crippen molar-refractivity contribution in [2.75, 3.05) is 32.7 Å². The molecule has 0 atom stereocenters. The largest absolute Gasteiger partial charge is 0.474 e. The molecule has 0 aromatic heterocycles. The number of rotatable bonds is 16. The number of carbonyl (C=O) groups excluding carboxylic acids is 2. The van der Waals surface area contributed by atoms with E-state index in [2.05, 4.69) is 42.1 Å². The van der Waals surface area contributed by atoms with Gasteiger partial charge in [0.1, 0.15) is 5.60 Å². The number of nitrogens with one attached hydrogen (secondary N) is 3. The topological polar surface area (TPSA) is 79.5 Å². The summed E-state index contributed by atoms with van der Waals surface area (Å²) in [4.78, 5) is 26.6. The van der Waals surface area contributed by atoms with Crippen molar-refractivity contribution in [2.45, 2.75) is 97.6 Å². The molecule has 2 aliphatic rings. The number of hydrogen-bond donors (Lipinski definition) is 3. The zero-order valence-corrected chi connectivity index (χ0v) is 27.2. The Morgan fingerprint density at radius 1 is 0.930 bits per heavy atom. The average molecular weight is 598 g/mol. The van der Waals surface area contributed by atoms with Crippen LogP contribution >= 0.6 is 0 Å². The molecule has 0 saturated carbocycles. The van der Waals surface area contributed by atoms with Gasteiger partial charge in [0.2, 0.25) is 0 Å². The Labute approximate surface area is 264 Å². The number of nitrogens with zero attached hydrogens (tertiary/aromatic N) is 1. The zero-order chi connectivity index (χ0) is 31.3. The Balaban J connectivity index is 0.00000675. The van der Waals surface area contributed by atoms with Crippen LogP contribution in [0, 0.1) is 0 Å². The molecular weight excluding hydrogens is 536 g/mol. The molecule has 43 heavy (non-hydrogen) atoms. The van der Waals surface area contributed by atoms with Gasteiger partial charge < -0.3 is 25.2 Å². The number of benzene rings is 1. The van der Waals surface area contributed by atoms with Gasteiger partial charge in [-0.3, -0.25) is 9.59 Å². The van der Waals surface area contributed by atoms with Gasteiger partial charge >= 0.3 is 0 Å². The van der Waals surface area contributed by atoms with Crippen LogP contribution in [0.4, 0.5) is 0 Å². The average Bonchev–Trinajstić information content (AvgIpc) is 3.14. The molecule has 1 heterocycles. The van der Waals surface area contributed by atoms with E-state index in [1.807, 2.05) is 51.1 Å². The van der Waals surface area contributed by atoms with Crippen LogP contribution in [0.25, 0.3) is 0 Å². The maximum Gasteiger partial charge on any atom is 0.279 e. The Bertz CT molecular complexity index is 1180. The Morgan fingerprint density at radius 3 is 2.28 bits per heavy atom. The molecule has 1 fully saturated rings. The lowest BCUT2D eigenvalue weighted by atomic mass is 9.99. The van der Waals surface area contributed by atoms with Gasteiger partial charge in [0.25, 0.3) is 11.8 Å². The van der Waals surface area contributed by atoms with E-state index in [4.69, 9.17) is 4.74 Å². The van der Waals surface area contributed by atoms with Crippen LogP contribution in [0.3, 0.4) is 0 Å². The first-order valence-corrected chi connectivity index (χ1v) is 16.1. The molecule has 7 heteroatoms. The first kappa shape index (κ1) is 34.2. The molecule has 0 bridgehead atoms. The lowest BCUT2D eigenvalue weighted by molar-refractivity contribution is -0.912. The zero-order valence-electron chi connectivity index (χ0n) is 27.2. The fourth-order valence-corrected chi connectivity index (χ4v) is 5.99. The Morgan fingerprint density at radius 2 is 1.60 bits per heavy atom. The summed E-state index contributed by atoms with van der Waals surface area (Å²) in [7, 11) is 0. The molecule has 7 nitrogen and oxygen atoms in total. The van der Waals surface area contributed by atoms with Crippen molar-refractivity contribution >= 4 is 11.8 Å². The highest BCUT2D eigenvalue weighted by molar-refractivity contribution is 5.82. The molecule has 0 spiro atoms. The van der Waals surface area contributed by atoms with E-state index in [9.17, 15) is 9.59 Å². The summed E-state index contributed by atoms with van der Waals surface area (Å²) < 4.78 is 6.24. The second-order valence-electron chi connectivity index (χ2n) is 13.3. The third kappa shape index (κ3) is 12.1. The monoisotopic (exact) mass is 597 g/mol. The number of ether oxygens (including phenoxy) is 1. The summed E-state index contributed by atoms with van der Waals surface area (Å²) in [6, 6.07) is 9.96. The summed E-state index contributed by atoms with van der Waals surface area (Å²) in [5.74, 6) is 0.605. The van der Waals surface area contributed by atoms with Gasteiger partial charge in [-0.2, -0.15) is 0 Å². The van der Waals surface area contributed by atoms with Crippen LogP contribution in [0.5, 0.6) is 0 Å². The van der Waals surface area contributed by atoms with E-state index in [0.717, 1.165) is 105 Å². The lowest BCUT2D eigenvalue weighted by Gasteiger charge is -2.36. The van der Waals surface area contributed by atoms with Crippen molar-refractivity contribution in [1.29, 1.82) is 0 Å². The van der Waals surface area contributed by atoms with E-state index in [0.29, 0.717) is 30.0 Å². The van der Waals surface area contributed by atoms with Crippen molar-refractivity contribution in [2.24, 2.45) is 0 Å². The minimum Gasteiger partial charge on any atom is -0.474 e. The lowest BCUT2D eigenvalue weighted by Crippen LogP contribution is -2.57. The molecule has 1 aromatic rings. The first-order chi connectivity index (χ1) is 20.5. The van der Waals surface area contributed by atoms with Gasteiger partial charge in [0.05, 0.1) is 13.1 Å². The molecule has 1 aromatic carbocycles. The molecule has 0 unspecified atom stereocenters. The third-order valence-electron chi connectivity index (χ3n) is 8.21. The second kappa shape index (κ2) is 16.5. The van der Waals surface area contributed by atoms with Crippen LogP contribution in [0.1, 0.15) is 95.3 Å². The van der Waals surface area contributed by atoms with Crippen LogP contribution in [-0.2, 0) is 20.9 Å². The smallest absolute Gasteiger partial charge is 0.279 e. The fourth-order valence-electron chi connectivity index (χ4n) is 5.99. The molecule has 0 radical (unpaired) electrons. The highest BCUT2D eigenvalue weighted by atomic mass is 16.5. The van der Waals surface area contributed by atoms with Gasteiger partial charge in [0, 0.05) is 23.1 Å². The van der Waals surface area contributed by atoms with E-state index in [1.165, 1.54) is 0 Å². The summed E-state index contributed by atoms with van der Waals surface area (Å²) in [5, 5.41) is 9.59. The van der Waals surface area contributed by atoms with Crippen LogP contribution in [0.15, 0.2) is 77.9 Å². The number of allylic oxidation sites excluding steroid dienone is 4. The van der Waals surface area contributed by atoms with Crippen molar-refractivity contribution < 1.29 is 23.1 Å². The second-order valence-corrected chi connectivity index (χ2v) is 13.3. The minimum absolute atomic E-state index is 0. The van der Waals surface area contributed by atoms with Crippen molar-refractivity contribution in [3.63, 3.8) is 0 Å². The number of amides is 2. The summed E-state index contributed by atoms with van der Waals surface area (Å²) >= 11 is 0. The number of unbranched alkanes of at least 4 members (excludes halogenated alkanes) is 2. The van der Waals surface area contributed by atoms with E-state index < -0.39 is 0 Å². The van der Waals surface area contributed by atoms with Crippen molar-refractivity contribution in [3.8, 4) is 0 Å². The molecule has 3 N–H and O–H groups in total. The van der Waals surface area contributed by atoms with Gasteiger partial charge in [0.15, 0.2) is 19.0 Å². The third-order valence-corrected chi connectivity index (χ3v) is 8.21. The highest BCUT2D eigenvalue weighted by Gasteiger charge is 2.34. The van der Waals surface area contributed by atoms with Gasteiger partial charge in [-0.05, 0) is 108 Å². The normalized spacial score (nSPS) is 16.6. The van der Waals surface area contributed by atoms with Crippen molar-refractivity contribution in [3.05, 3.63) is 83.4 Å². The standard InChI is InChI=1S/C36H54N4O3.3H2/c1-28(17-11-10-14-22-37-30(3)43-36(4,5)6)32-21-20-29(2)35(32)39-34(42)27-40(23-15-7-8-16-24-40)26-33(41)38-25-31-18-12-9-13-19-31;;;/h9,12-13,18-20,37H,1,3,7-8,10-11,14-17,21-27H2,2,4-6H3,(H-,38,39,41,42);3*1H/p+1. The van der Waals surface area contributed by atoms with E-state index in [1.54, 1.807) is 0 Å². The van der Waals surface area contributed by atoms with E-state index in [-0.39, 0.29) is 21.7 Å². The SMILES string of the molecule is C=C(NCCCCCC(=C)C1=C(NC(=O)C[N+]2(CC(=O)NCc3ccccc3)CCCCCC2)C(C)=CC1)OC(C)(C)C.[HH].[HH].[HH]. The molecular formula is C36H61N4O3+. The highest BCUT2D eigenvalue weighted by Crippen LogP contribution is 2.31. The van der Waals surface area contributed by atoms with Gasteiger partial charge in [-0.15, -0.1) is 0 Å². The predicted octanol–water partition coefficient (Wildman–Crippen LogP) is 7.14. The predicted molar refractivity (Wildman–Crippen MR) is 182 cm³/mol. The minimum atomic E-state index is -0.247. The van der Waals surface area contributed by atoms with Crippen LogP contribution < -0.4 is 16.0 Å². The van der Waals surface area contributed by atoms with Gasteiger partial charge in [-0.1, -0.05) is 49.4 Å². The maximum atomic E-state index is 13.6. The maximum absolute atomic E-state index is 13.6. The molecule has 242 valence electrons. The fraction of sp³-hybridized carbons (Fsp3) is 0.556. The molecule has 1 saturated heterocycles. The Hall–Kier alpha value is -3.32. The summed E-state index contributed by atoms with van der Waals surface area (Å²) in [5.41, 5.74) is 5.06. The molecule has 1 aliphatic carbocycles. The van der Waals surface area contributed by atoms with Crippen molar-refractivity contribution in [1.82, 2.24) is 16.0 Å². The Kier molecular flexibility index (Phi) is 13.1.